The number of hydrogen-bond donors (Lipinski definition) is 1. The van der Waals surface area contributed by atoms with Gasteiger partial charge in [0, 0.05) is 12.8 Å². The molecule has 0 spiro atoms. The fourth-order valence-corrected chi connectivity index (χ4v) is 8.55. The van der Waals surface area contributed by atoms with E-state index < -0.39 is 26.6 Å². The third-order valence-electron chi connectivity index (χ3n) is 12.3. The van der Waals surface area contributed by atoms with E-state index in [0.29, 0.717) is 23.9 Å². The predicted molar refractivity (Wildman–Crippen MR) is 302 cm³/mol. The van der Waals surface area contributed by atoms with E-state index in [9.17, 15) is 19.0 Å². The first-order valence-electron chi connectivity index (χ1n) is 28.9. The summed E-state index contributed by atoms with van der Waals surface area (Å²) in [5, 5.41) is 3.00. The number of carbonyl (C=O) groups is 2. The number of nitrogens with zero attached hydrogens (tertiary/aromatic N) is 1. The topological polar surface area (TPSA) is 114 Å². The second-order valence-electron chi connectivity index (χ2n) is 20.4. The number of ether oxygens (including phenoxy) is 1. The molecule has 0 radical (unpaired) electrons. The van der Waals surface area contributed by atoms with Crippen molar-refractivity contribution in [2.45, 2.75) is 251 Å². The van der Waals surface area contributed by atoms with E-state index in [1.54, 1.807) is 0 Å². The first-order valence-corrected chi connectivity index (χ1v) is 30.4. The van der Waals surface area contributed by atoms with Crippen LogP contribution in [0.15, 0.2) is 85.1 Å². The molecule has 0 aliphatic rings. The Morgan fingerprint density at radius 3 is 1.41 bits per heavy atom. The molecule has 1 N–H and O–H groups in total. The molecule has 0 heterocycles. The molecule has 0 aromatic heterocycles. The molecule has 0 aliphatic heterocycles. The van der Waals surface area contributed by atoms with Gasteiger partial charge in [0.2, 0.25) is 5.91 Å². The SMILES string of the molecule is CC/C=C\C/C=C\C/C=C\C/C=C\C/C=C\CCCCCCCC(=O)OC(/C=C\CCCCCCCCCCCCC)C(COP(=O)([O-])OCC[N+](C)(C)C)NC(=O)CCCCCCC/C=C\CCCC. The third kappa shape index (κ3) is 51.9. The number of phosphoric acid groups is 1. The summed E-state index contributed by atoms with van der Waals surface area (Å²) in [6.07, 6.45) is 65.5. The first kappa shape index (κ1) is 68.2. The van der Waals surface area contributed by atoms with Crippen LogP contribution in [0.4, 0.5) is 0 Å². The molecule has 10 heteroatoms. The lowest BCUT2D eigenvalue weighted by Crippen LogP contribution is -2.47. The van der Waals surface area contributed by atoms with Crippen LogP contribution in [0.25, 0.3) is 0 Å². The number of esters is 1. The largest absolute Gasteiger partial charge is 0.756 e. The van der Waals surface area contributed by atoms with Gasteiger partial charge >= 0.3 is 5.97 Å². The van der Waals surface area contributed by atoms with E-state index in [0.717, 1.165) is 128 Å². The van der Waals surface area contributed by atoms with Crippen molar-refractivity contribution in [1.29, 1.82) is 0 Å². The van der Waals surface area contributed by atoms with Crippen LogP contribution in [-0.4, -0.2) is 69.4 Å². The van der Waals surface area contributed by atoms with Crippen molar-refractivity contribution in [2.75, 3.05) is 40.9 Å². The second-order valence-corrected chi connectivity index (χ2v) is 21.8. The third-order valence-corrected chi connectivity index (χ3v) is 13.3. The van der Waals surface area contributed by atoms with E-state index in [1.807, 2.05) is 33.3 Å². The minimum atomic E-state index is -4.70. The highest BCUT2D eigenvalue weighted by Crippen LogP contribution is 2.38. The Kier molecular flexibility index (Phi) is 48.7. The summed E-state index contributed by atoms with van der Waals surface area (Å²) < 4.78 is 30.2. The maximum Gasteiger partial charge on any atom is 0.306 e. The van der Waals surface area contributed by atoms with Crippen LogP contribution in [0.2, 0.25) is 0 Å². The Bertz CT molecular complexity index is 1490. The van der Waals surface area contributed by atoms with Crippen LogP contribution < -0.4 is 10.2 Å². The first-order chi connectivity index (χ1) is 34.4. The Balaban J connectivity index is 5.34. The summed E-state index contributed by atoms with van der Waals surface area (Å²) in [7, 11) is 1.16. The summed E-state index contributed by atoms with van der Waals surface area (Å²) in [5.74, 6) is -0.578. The summed E-state index contributed by atoms with van der Waals surface area (Å²) in [6.45, 7) is 6.66. The highest BCUT2D eigenvalue weighted by molar-refractivity contribution is 7.45. The maximum atomic E-state index is 13.4. The van der Waals surface area contributed by atoms with Crippen LogP contribution in [-0.2, 0) is 27.9 Å². The number of hydrogen-bond acceptors (Lipinski definition) is 7. The molecule has 0 rings (SSSR count). The summed E-state index contributed by atoms with van der Waals surface area (Å²) in [6, 6.07) is -0.903. The van der Waals surface area contributed by atoms with Crippen molar-refractivity contribution in [3.05, 3.63) is 85.1 Å². The summed E-state index contributed by atoms with van der Waals surface area (Å²) in [4.78, 5) is 39.8. The number of rotatable bonds is 51. The summed E-state index contributed by atoms with van der Waals surface area (Å²) in [5.41, 5.74) is 0. The molecular formula is C61H109N2O7P. The maximum absolute atomic E-state index is 13.4. The fraction of sp³-hybridized carbons (Fsp3) is 0.738. The van der Waals surface area contributed by atoms with Crippen molar-refractivity contribution < 1.29 is 37.3 Å². The van der Waals surface area contributed by atoms with Crippen LogP contribution in [0.1, 0.15) is 239 Å². The lowest BCUT2D eigenvalue weighted by molar-refractivity contribution is -0.870. The highest BCUT2D eigenvalue weighted by Gasteiger charge is 2.27. The van der Waals surface area contributed by atoms with Crippen LogP contribution in [0.5, 0.6) is 0 Å². The van der Waals surface area contributed by atoms with E-state index in [4.69, 9.17) is 13.8 Å². The summed E-state index contributed by atoms with van der Waals surface area (Å²) >= 11 is 0. The zero-order chi connectivity index (χ0) is 52.2. The van der Waals surface area contributed by atoms with Gasteiger partial charge in [0.05, 0.1) is 33.8 Å². The van der Waals surface area contributed by atoms with Gasteiger partial charge in [0.1, 0.15) is 19.3 Å². The van der Waals surface area contributed by atoms with E-state index in [-0.39, 0.29) is 24.9 Å². The normalized spacial score (nSPS) is 14.4. The zero-order valence-electron chi connectivity index (χ0n) is 46.7. The monoisotopic (exact) mass is 1010 g/mol. The Morgan fingerprint density at radius 1 is 0.507 bits per heavy atom. The van der Waals surface area contributed by atoms with Crippen molar-refractivity contribution in [1.82, 2.24) is 5.32 Å². The van der Waals surface area contributed by atoms with Gasteiger partial charge in [-0.15, -0.1) is 0 Å². The molecule has 0 aromatic rings. The van der Waals surface area contributed by atoms with Gasteiger partial charge in [0.15, 0.2) is 0 Å². The molecule has 410 valence electrons. The van der Waals surface area contributed by atoms with Gasteiger partial charge < -0.3 is 28.5 Å². The minimum Gasteiger partial charge on any atom is -0.756 e. The average Bonchev–Trinajstić information content (AvgIpc) is 3.33. The lowest BCUT2D eigenvalue weighted by atomic mass is 10.0. The van der Waals surface area contributed by atoms with E-state index >= 15 is 0 Å². The number of likely N-dealkylation sites (N-methyl/N-ethyl adjacent to an activating group) is 1. The number of nitrogens with one attached hydrogen (secondary N) is 1. The van der Waals surface area contributed by atoms with Crippen LogP contribution in [0.3, 0.4) is 0 Å². The number of unbranched alkanes of at least 4 members (excludes halogenated alkanes) is 23. The van der Waals surface area contributed by atoms with Crippen LogP contribution >= 0.6 is 7.82 Å². The van der Waals surface area contributed by atoms with Crippen molar-refractivity contribution in [3.63, 3.8) is 0 Å². The van der Waals surface area contributed by atoms with E-state index in [2.05, 4.69) is 99.0 Å². The number of quaternary nitrogens is 1. The second kappa shape index (κ2) is 50.7. The molecular weight excluding hydrogens is 904 g/mol. The molecule has 3 atom stereocenters. The van der Waals surface area contributed by atoms with Gasteiger partial charge in [-0.2, -0.15) is 0 Å². The molecule has 0 aliphatic carbocycles. The average molecular weight is 1010 g/mol. The molecule has 1 amide bonds. The lowest BCUT2D eigenvalue weighted by Gasteiger charge is -2.30. The van der Waals surface area contributed by atoms with Crippen molar-refractivity contribution >= 4 is 19.7 Å². The number of amides is 1. The van der Waals surface area contributed by atoms with Gasteiger partial charge in [-0.3, -0.25) is 14.2 Å². The quantitative estimate of drug-likeness (QED) is 0.0212. The standard InChI is InChI=1S/C61H109N2O7P/c1-7-10-13-16-19-22-25-27-28-29-30-31-32-33-34-36-39-42-45-48-51-54-61(65)70-59(52-49-46-43-40-38-35-26-23-20-17-14-11-8-2)58(57-69-71(66,67)68-56-55-63(4,5)6)62-60(64)53-50-47-44-41-37-24-21-18-15-12-9-3/h10,13,18-19,21-22,27-28,30-31,33-34,49,52,58-59H,7-9,11-12,14-17,20,23-26,29,32,35-48,50-51,53-57H2,1-6H3,(H-,62,64,66,67)/b13-10-,21-18-,22-19-,28-27-,31-30-,34-33-,52-49-. The molecule has 0 bridgehead atoms. The Hall–Kier alpha value is -2.81. The molecule has 0 fully saturated rings. The number of carbonyl (C=O) groups excluding carboxylic acids is 2. The van der Waals surface area contributed by atoms with Gasteiger partial charge in [-0.05, 0) is 96.0 Å². The fourth-order valence-electron chi connectivity index (χ4n) is 7.82. The molecule has 9 nitrogen and oxygen atoms in total. The highest BCUT2D eigenvalue weighted by atomic mass is 31.2. The molecule has 0 saturated carbocycles. The van der Waals surface area contributed by atoms with Crippen molar-refractivity contribution in [3.8, 4) is 0 Å². The van der Waals surface area contributed by atoms with Gasteiger partial charge in [-0.1, -0.05) is 215 Å². The van der Waals surface area contributed by atoms with E-state index in [1.165, 1.54) is 70.6 Å². The zero-order valence-corrected chi connectivity index (χ0v) is 47.5. The molecule has 0 aromatic carbocycles. The molecule has 0 saturated heterocycles. The Morgan fingerprint density at radius 2 is 0.915 bits per heavy atom. The van der Waals surface area contributed by atoms with Gasteiger partial charge in [-0.25, -0.2) is 0 Å². The van der Waals surface area contributed by atoms with Crippen molar-refractivity contribution in [2.24, 2.45) is 0 Å². The van der Waals surface area contributed by atoms with Gasteiger partial charge in [0.25, 0.3) is 7.82 Å². The predicted octanol–water partition coefficient (Wildman–Crippen LogP) is 16.8. The molecule has 71 heavy (non-hydrogen) atoms. The number of allylic oxidation sites excluding steroid dienone is 13. The number of phosphoric ester groups is 1. The Labute approximate surface area is 437 Å². The van der Waals surface area contributed by atoms with Crippen LogP contribution in [0, 0.1) is 0 Å². The molecule has 3 unspecified atom stereocenters. The smallest absolute Gasteiger partial charge is 0.306 e. The minimum absolute atomic E-state index is 0.0306.